The molecule has 0 spiro atoms. The summed E-state index contributed by atoms with van der Waals surface area (Å²) >= 11 is 0. The van der Waals surface area contributed by atoms with Crippen LogP contribution in [0.4, 0.5) is 11.4 Å². The molecule has 3 heteroatoms. The fraction of sp³-hybridized carbons (Fsp3) is 0.136. The molecule has 0 aromatic heterocycles. The summed E-state index contributed by atoms with van der Waals surface area (Å²) in [5.74, 6) is -0.0521. The lowest BCUT2D eigenvalue weighted by molar-refractivity contribution is -0.119. The van der Waals surface area contributed by atoms with Gasteiger partial charge in [-0.1, -0.05) is 66.7 Å². The minimum Gasteiger partial charge on any atom is -0.351 e. The first-order chi connectivity index (χ1) is 12.2. The number of para-hydroxylation sites is 2. The van der Waals surface area contributed by atoms with Crippen molar-refractivity contribution in [1.82, 2.24) is 0 Å². The van der Waals surface area contributed by atoms with E-state index in [1.54, 1.807) is 4.90 Å². The van der Waals surface area contributed by atoms with E-state index in [1.165, 1.54) is 0 Å². The summed E-state index contributed by atoms with van der Waals surface area (Å²) < 4.78 is 5.89. The van der Waals surface area contributed by atoms with Crippen LogP contribution in [0, 0.1) is 0 Å². The van der Waals surface area contributed by atoms with Gasteiger partial charge in [0.1, 0.15) is 5.60 Å². The third-order valence-electron chi connectivity index (χ3n) is 4.63. The molecule has 0 bridgehead atoms. The molecule has 25 heavy (non-hydrogen) atoms. The molecule has 0 radical (unpaired) electrons. The van der Waals surface area contributed by atoms with Crippen molar-refractivity contribution in [3.8, 4) is 0 Å². The van der Waals surface area contributed by atoms with Crippen molar-refractivity contribution >= 4 is 17.3 Å². The monoisotopic (exact) mass is 329 g/mol. The van der Waals surface area contributed by atoms with E-state index in [0.717, 1.165) is 16.9 Å². The first kappa shape index (κ1) is 15.6. The minimum atomic E-state index is -0.569. The summed E-state index contributed by atoms with van der Waals surface area (Å²) in [6, 6.07) is 29.3. The maximum absolute atomic E-state index is 13.3. The molecule has 0 saturated carbocycles. The van der Waals surface area contributed by atoms with Crippen LogP contribution < -0.4 is 4.90 Å². The zero-order chi connectivity index (χ0) is 17.3. The highest BCUT2D eigenvalue weighted by Gasteiger charge is 2.59. The Morgan fingerprint density at radius 1 is 0.800 bits per heavy atom. The van der Waals surface area contributed by atoms with Gasteiger partial charge in [-0.2, -0.15) is 0 Å². The molecule has 2 atom stereocenters. The highest BCUT2D eigenvalue weighted by atomic mass is 16.6. The fourth-order valence-electron chi connectivity index (χ4n) is 3.16. The third kappa shape index (κ3) is 2.83. The van der Waals surface area contributed by atoms with E-state index in [4.69, 9.17) is 4.74 Å². The number of hydrogen-bond acceptors (Lipinski definition) is 2. The maximum atomic E-state index is 13.3. The number of rotatable bonds is 4. The van der Waals surface area contributed by atoms with Crippen LogP contribution in [0.1, 0.15) is 12.5 Å². The SMILES string of the molecule is C[C@@]1(c2ccccc2)O[C@H]1C(=O)N(c1ccccc1)c1ccccc1. The molecule has 3 nitrogen and oxygen atoms in total. The van der Waals surface area contributed by atoms with Gasteiger partial charge < -0.3 is 4.74 Å². The Morgan fingerprint density at radius 2 is 1.24 bits per heavy atom. The lowest BCUT2D eigenvalue weighted by Gasteiger charge is -2.23. The molecule has 3 aromatic rings. The van der Waals surface area contributed by atoms with Crippen LogP contribution >= 0.6 is 0 Å². The van der Waals surface area contributed by atoms with E-state index in [-0.39, 0.29) is 5.91 Å². The molecule has 124 valence electrons. The van der Waals surface area contributed by atoms with Crippen LogP contribution in [0.25, 0.3) is 0 Å². The predicted octanol–water partition coefficient (Wildman–Crippen LogP) is 4.67. The van der Waals surface area contributed by atoms with Crippen molar-refractivity contribution in [2.24, 2.45) is 0 Å². The molecule has 0 unspecified atom stereocenters. The van der Waals surface area contributed by atoms with Crippen LogP contribution in [-0.4, -0.2) is 12.0 Å². The highest BCUT2D eigenvalue weighted by Crippen LogP contribution is 2.47. The topological polar surface area (TPSA) is 32.8 Å². The van der Waals surface area contributed by atoms with Crippen molar-refractivity contribution in [2.75, 3.05) is 4.90 Å². The summed E-state index contributed by atoms with van der Waals surface area (Å²) in [5, 5.41) is 0. The molecule has 1 heterocycles. The third-order valence-corrected chi connectivity index (χ3v) is 4.63. The van der Waals surface area contributed by atoms with Crippen LogP contribution in [0.15, 0.2) is 91.0 Å². The number of ether oxygens (including phenoxy) is 1. The van der Waals surface area contributed by atoms with Crippen LogP contribution in [0.5, 0.6) is 0 Å². The van der Waals surface area contributed by atoms with Crippen molar-refractivity contribution in [3.05, 3.63) is 96.6 Å². The molecular formula is C22H19NO2. The Morgan fingerprint density at radius 3 is 1.72 bits per heavy atom. The number of carbonyl (C=O) groups excluding carboxylic acids is 1. The van der Waals surface area contributed by atoms with Gasteiger partial charge in [0.2, 0.25) is 0 Å². The van der Waals surface area contributed by atoms with Gasteiger partial charge in [0.05, 0.1) is 0 Å². The van der Waals surface area contributed by atoms with Crippen molar-refractivity contribution < 1.29 is 9.53 Å². The summed E-state index contributed by atoms with van der Waals surface area (Å²) in [6.45, 7) is 1.97. The number of benzene rings is 3. The first-order valence-corrected chi connectivity index (χ1v) is 8.37. The van der Waals surface area contributed by atoms with Gasteiger partial charge in [-0.05, 0) is 36.8 Å². The predicted molar refractivity (Wildman–Crippen MR) is 98.7 cm³/mol. The summed E-state index contributed by atoms with van der Waals surface area (Å²) in [5.41, 5.74) is 2.13. The summed E-state index contributed by atoms with van der Waals surface area (Å²) in [6.07, 6.45) is -0.490. The maximum Gasteiger partial charge on any atom is 0.264 e. The average Bonchev–Trinajstić information content (AvgIpc) is 3.38. The normalized spacial score (nSPS) is 21.6. The van der Waals surface area contributed by atoms with Gasteiger partial charge in [-0.3, -0.25) is 9.69 Å². The molecule has 1 amide bonds. The smallest absolute Gasteiger partial charge is 0.264 e. The van der Waals surface area contributed by atoms with E-state index < -0.39 is 11.7 Å². The zero-order valence-electron chi connectivity index (χ0n) is 14.0. The Balaban J connectivity index is 1.69. The van der Waals surface area contributed by atoms with Gasteiger partial charge in [0.25, 0.3) is 5.91 Å². The number of anilines is 2. The highest BCUT2D eigenvalue weighted by molar-refractivity contribution is 6.05. The number of amides is 1. The Hall–Kier alpha value is -2.91. The van der Waals surface area contributed by atoms with E-state index in [9.17, 15) is 4.79 Å². The second kappa shape index (κ2) is 6.19. The Kier molecular flexibility index (Phi) is 3.86. The zero-order valence-corrected chi connectivity index (χ0v) is 14.0. The number of hydrogen-bond donors (Lipinski definition) is 0. The molecule has 0 N–H and O–H groups in total. The molecule has 0 aliphatic carbocycles. The molecule has 1 fully saturated rings. The lowest BCUT2D eigenvalue weighted by Crippen LogP contribution is -2.32. The fourth-order valence-corrected chi connectivity index (χ4v) is 3.16. The average molecular weight is 329 g/mol. The van der Waals surface area contributed by atoms with Crippen LogP contribution in [-0.2, 0) is 15.1 Å². The van der Waals surface area contributed by atoms with E-state index in [0.29, 0.717) is 0 Å². The summed E-state index contributed by atoms with van der Waals surface area (Å²) in [4.78, 5) is 15.0. The van der Waals surface area contributed by atoms with Gasteiger partial charge in [-0.15, -0.1) is 0 Å². The standard InChI is InChI=1S/C22H19NO2/c1-22(17-11-5-2-6-12-17)20(25-22)21(24)23(18-13-7-3-8-14-18)19-15-9-4-10-16-19/h2-16,20H,1H3/t20-,22-/m0/s1. The Bertz CT molecular complexity index is 825. The van der Waals surface area contributed by atoms with Gasteiger partial charge >= 0.3 is 0 Å². The first-order valence-electron chi connectivity index (χ1n) is 8.37. The second-order valence-electron chi connectivity index (χ2n) is 6.32. The lowest BCUT2D eigenvalue weighted by atomic mass is 9.96. The minimum absolute atomic E-state index is 0.0521. The number of epoxide rings is 1. The van der Waals surface area contributed by atoms with Crippen molar-refractivity contribution in [2.45, 2.75) is 18.6 Å². The van der Waals surface area contributed by atoms with E-state index >= 15 is 0 Å². The second-order valence-corrected chi connectivity index (χ2v) is 6.32. The van der Waals surface area contributed by atoms with E-state index in [2.05, 4.69) is 0 Å². The van der Waals surface area contributed by atoms with Gasteiger partial charge in [-0.25, -0.2) is 0 Å². The molecule has 1 aliphatic heterocycles. The number of nitrogens with zero attached hydrogens (tertiary/aromatic N) is 1. The van der Waals surface area contributed by atoms with Crippen LogP contribution in [0.2, 0.25) is 0 Å². The molecule has 3 aromatic carbocycles. The molecule has 1 saturated heterocycles. The number of carbonyl (C=O) groups is 1. The van der Waals surface area contributed by atoms with Gasteiger partial charge in [0, 0.05) is 11.4 Å². The molecular weight excluding hydrogens is 310 g/mol. The molecule has 4 rings (SSSR count). The molecule has 1 aliphatic rings. The van der Waals surface area contributed by atoms with E-state index in [1.807, 2.05) is 97.9 Å². The van der Waals surface area contributed by atoms with Crippen LogP contribution in [0.3, 0.4) is 0 Å². The quantitative estimate of drug-likeness (QED) is 0.652. The van der Waals surface area contributed by atoms with Gasteiger partial charge in [0.15, 0.2) is 6.10 Å². The largest absolute Gasteiger partial charge is 0.351 e. The van der Waals surface area contributed by atoms with Crippen molar-refractivity contribution in [3.63, 3.8) is 0 Å². The van der Waals surface area contributed by atoms with Crippen molar-refractivity contribution in [1.29, 1.82) is 0 Å². The summed E-state index contributed by atoms with van der Waals surface area (Å²) in [7, 11) is 0. The Labute approximate surface area is 147 Å².